The van der Waals surface area contributed by atoms with Crippen molar-refractivity contribution in [2.45, 2.75) is 102 Å². The van der Waals surface area contributed by atoms with Gasteiger partial charge in [-0.1, -0.05) is 62.4 Å². The van der Waals surface area contributed by atoms with Crippen molar-refractivity contribution in [3.63, 3.8) is 0 Å². The monoisotopic (exact) mass is 573 g/mol. The molecule has 1 unspecified atom stereocenters. The minimum atomic E-state index is -0.417. The SMILES string of the molecule is C=C1CC2C[C@H]3CCO[C@H](O3)c3cccc(c3)/C=C/C[C@@H]3O[C@H](/C(C)=C/C#N)[C@H](C)[C@@H](OC(=O)/C=C\C[C@@H](C1)O2)[C@H]3C. The van der Waals surface area contributed by atoms with Crippen molar-refractivity contribution in [2.75, 3.05) is 6.61 Å². The number of carbonyl (C=O) groups is 1. The zero-order chi connectivity index (χ0) is 29.6. The van der Waals surface area contributed by atoms with E-state index in [1.54, 1.807) is 0 Å². The zero-order valence-electron chi connectivity index (χ0n) is 24.9. The average molecular weight is 574 g/mol. The summed E-state index contributed by atoms with van der Waals surface area (Å²) in [4.78, 5) is 13.0. The molecule has 0 N–H and O–H groups in total. The quantitative estimate of drug-likeness (QED) is 0.208. The first-order chi connectivity index (χ1) is 20.3. The number of nitrogens with zero attached hydrogens (tertiary/aromatic N) is 1. The van der Waals surface area contributed by atoms with E-state index < -0.39 is 6.29 Å². The summed E-state index contributed by atoms with van der Waals surface area (Å²) in [5.74, 6) is -0.517. The fourth-order valence-corrected chi connectivity index (χ4v) is 6.73. The molecule has 0 saturated carbocycles. The van der Waals surface area contributed by atoms with Gasteiger partial charge in [-0.3, -0.25) is 0 Å². The third kappa shape index (κ3) is 7.48. The number of rotatable bonds is 1. The Balaban J connectivity index is 1.43. The lowest BCUT2D eigenvalue weighted by molar-refractivity contribution is -0.225. The summed E-state index contributed by atoms with van der Waals surface area (Å²) in [6.45, 7) is 10.9. The number of benzene rings is 1. The Hall–Kier alpha value is -3.02. The number of carbonyl (C=O) groups excluding carboxylic acids is 1. The van der Waals surface area contributed by atoms with Crippen LogP contribution in [-0.4, -0.2) is 49.2 Å². The summed E-state index contributed by atoms with van der Waals surface area (Å²) >= 11 is 0. The molecule has 3 saturated heterocycles. The molecule has 9 atom stereocenters. The Morgan fingerprint density at radius 2 is 1.83 bits per heavy atom. The average Bonchev–Trinajstić information content (AvgIpc) is 2.96. The van der Waals surface area contributed by atoms with E-state index >= 15 is 0 Å². The van der Waals surface area contributed by atoms with Crippen molar-refractivity contribution < 1.29 is 28.5 Å². The maximum absolute atomic E-state index is 13.0. The highest BCUT2D eigenvalue weighted by Crippen LogP contribution is 2.38. The van der Waals surface area contributed by atoms with Crippen LogP contribution in [0.3, 0.4) is 0 Å². The van der Waals surface area contributed by atoms with Crippen LogP contribution in [0.1, 0.15) is 76.7 Å². The molecule has 4 aliphatic rings. The van der Waals surface area contributed by atoms with Crippen molar-refractivity contribution in [1.82, 2.24) is 0 Å². The van der Waals surface area contributed by atoms with Crippen molar-refractivity contribution in [1.29, 1.82) is 5.26 Å². The van der Waals surface area contributed by atoms with E-state index in [1.165, 1.54) is 12.2 Å². The molecule has 5 rings (SSSR count). The maximum Gasteiger partial charge on any atom is 0.330 e. The number of hydrogen-bond acceptors (Lipinski definition) is 7. The molecule has 0 spiro atoms. The van der Waals surface area contributed by atoms with Gasteiger partial charge in [0.2, 0.25) is 0 Å². The topological polar surface area (TPSA) is 87.0 Å². The molecule has 0 aliphatic carbocycles. The lowest BCUT2D eigenvalue weighted by atomic mass is 9.79. The first-order valence-corrected chi connectivity index (χ1v) is 15.2. The van der Waals surface area contributed by atoms with Gasteiger partial charge in [-0.2, -0.15) is 5.26 Å². The van der Waals surface area contributed by atoms with Gasteiger partial charge in [0.25, 0.3) is 0 Å². The van der Waals surface area contributed by atoms with Crippen LogP contribution in [0.4, 0.5) is 0 Å². The first kappa shape index (κ1) is 30.4. The highest BCUT2D eigenvalue weighted by Gasteiger charge is 2.43. The van der Waals surface area contributed by atoms with Crippen LogP contribution >= 0.6 is 0 Å². The van der Waals surface area contributed by atoms with E-state index in [0.29, 0.717) is 19.4 Å². The van der Waals surface area contributed by atoms with Crippen molar-refractivity contribution in [3.8, 4) is 6.07 Å². The number of fused-ring (bicyclic) bond motifs is 9. The smallest absolute Gasteiger partial charge is 0.330 e. The Morgan fingerprint density at radius 1 is 1.02 bits per heavy atom. The lowest BCUT2D eigenvalue weighted by Gasteiger charge is -2.44. The van der Waals surface area contributed by atoms with Gasteiger partial charge in [0.05, 0.1) is 43.2 Å². The Morgan fingerprint density at radius 3 is 2.67 bits per heavy atom. The van der Waals surface area contributed by atoms with Gasteiger partial charge in [-0.05, 0) is 56.2 Å². The van der Waals surface area contributed by atoms with Crippen LogP contribution < -0.4 is 0 Å². The van der Waals surface area contributed by atoms with E-state index in [0.717, 1.165) is 48.0 Å². The minimum Gasteiger partial charge on any atom is -0.458 e. The Kier molecular flexibility index (Phi) is 10.1. The molecule has 0 aromatic heterocycles. The highest BCUT2D eigenvalue weighted by atomic mass is 16.7. The van der Waals surface area contributed by atoms with Gasteiger partial charge in [-0.25, -0.2) is 4.79 Å². The van der Waals surface area contributed by atoms with Gasteiger partial charge in [-0.15, -0.1) is 0 Å². The molecular weight excluding hydrogens is 530 g/mol. The van der Waals surface area contributed by atoms with Crippen LogP contribution in [0.25, 0.3) is 6.08 Å². The largest absolute Gasteiger partial charge is 0.458 e. The van der Waals surface area contributed by atoms with Crippen LogP contribution in [0.15, 0.2) is 66.3 Å². The van der Waals surface area contributed by atoms with E-state index in [2.05, 4.69) is 43.9 Å². The maximum atomic E-state index is 13.0. The van der Waals surface area contributed by atoms with Gasteiger partial charge < -0.3 is 23.7 Å². The van der Waals surface area contributed by atoms with Crippen LogP contribution in [0, 0.1) is 23.2 Å². The zero-order valence-corrected chi connectivity index (χ0v) is 24.9. The van der Waals surface area contributed by atoms with Crippen LogP contribution in [-0.2, 0) is 28.5 Å². The highest BCUT2D eigenvalue weighted by molar-refractivity contribution is 5.82. The second-order valence-electron chi connectivity index (χ2n) is 12.2. The number of esters is 1. The second-order valence-corrected chi connectivity index (χ2v) is 12.2. The molecule has 8 bridgehead atoms. The molecular formula is C35H43NO6. The number of nitriles is 1. The van der Waals surface area contributed by atoms with Crippen LogP contribution in [0.5, 0.6) is 0 Å². The molecule has 4 aliphatic heterocycles. The fourth-order valence-electron chi connectivity index (χ4n) is 6.73. The predicted octanol–water partition coefficient (Wildman–Crippen LogP) is 6.77. The standard InChI is InChI=1S/C35H43NO6/c1-22-18-28-11-7-13-32(37)42-34-24(3)31(41-33(25(34)4)23(2)14-16-36)12-6-9-26-8-5-10-27(20-26)35-38-17-15-29(40-35)21-30(19-22)39-28/h5-10,13-14,20,24-25,28-31,33-35H,1,11-12,15,17-19,21H2,2-4H3/b9-6+,13-7-,23-14+/t24-,25-,28-,29+,30?,31-,33+,34-,35+/m0/s1. The van der Waals surface area contributed by atoms with E-state index in [1.807, 2.05) is 32.1 Å². The summed E-state index contributed by atoms with van der Waals surface area (Å²) < 4.78 is 31.5. The summed E-state index contributed by atoms with van der Waals surface area (Å²) in [5, 5.41) is 9.29. The Bertz CT molecular complexity index is 1260. The summed E-state index contributed by atoms with van der Waals surface area (Å²) in [6.07, 6.45) is 12.2. The van der Waals surface area contributed by atoms with Crippen LogP contribution in [0.2, 0.25) is 0 Å². The third-order valence-corrected chi connectivity index (χ3v) is 8.90. The molecule has 4 heterocycles. The fraction of sp³-hybridized carbons (Fsp3) is 0.543. The molecule has 0 amide bonds. The number of ether oxygens (including phenoxy) is 5. The molecule has 3 fully saturated rings. The molecule has 1 aromatic rings. The lowest BCUT2D eigenvalue weighted by Crippen LogP contribution is -2.50. The summed E-state index contributed by atoms with van der Waals surface area (Å²) in [6, 6.07) is 10.4. The van der Waals surface area contributed by atoms with Gasteiger partial charge >= 0.3 is 5.97 Å². The molecule has 0 radical (unpaired) electrons. The van der Waals surface area contributed by atoms with E-state index in [4.69, 9.17) is 23.7 Å². The number of allylic oxidation sites excluding steroid dienone is 1. The second kappa shape index (κ2) is 14.0. The van der Waals surface area contributed by atoms with Crippen molar-refractivity contribution in [3.05, 3.63) is 77.4 Å². The predicted molar refractivity (Wildman–Crippen MR) is 160 cm³/mol. The Labute approximate surface area is 249 Å². The van der Waals surface area contributed by atoms with Gasteiger partial charge in [0.15, 0.2) is 6.29 Å². The van der Waals surface area contributed by atoms with Crippen molar-refractivity contribution >= 4 is 12.0 Å². The normalized spacial score (nSPS) is 37.9. The molecule has 7 heteroatoms. The molecule has 7 nitrogen and oxygen atoms in total. The number of hydrogen-bond donors (Lipinski definition) is 0. The molecule has 224 valence electrons. The summed E-state index contributed by atoms with van der Waals surface area (Å²) in [7, 11) is 0. The molecule has 42 heavy (non-hydrogen) atoms. The van der Waals surface area contributed by atoms with E-state index in [-0.39, 0.29) is 54.4 Å². The van der Waals surface area contributed by atoms with Crippen molar-refractivity contribution in [2.24, 2.45) is 11.8 Å². The third-order valence-electron chi connectivity index (χ3n) is 8.90. The minimum absolute atomic E-state index is 0.0197. The first-order valence-electron chi connectivity index (χ1n) is 15.2. The van der Waals surface area contributed by atoms with Gasteiger partial charge in [0.1, 0.15) is 6.10 Å². The van der Waals surface area contributed by atoms with Gasteiger partial charge in [0, 0.05) is 36.0 Å². The van der Waals surface area contributed by atoms with E-state index in [9.17, 15) is 10.1 Å². The molecule has 1 aromatic carbocycles. The summed E-state index contributed by atoms with van der Waals surface area (Å²) in [5.41, 5.74) is 4.03.